The summed E-state index contributed by atoms with van der Waals surface area (Å²) in [5.74, 6) is -0.893. The average molecular weight is 494 g/mol. The van der Waals surface area contributed by atoms with E-state index in [4.69, 9.17) is 9.84 Å². The Hall–Kier alpha value is -4.02. The Morgan fingerprint density at radius 1 is 0.917 bits per heavy atom. The van der Waals surface area contributed by atoms with Crippen LogP contribution in [0, 0.1) is 11.8 Å². The van der Waals surface area contributed by atoms with Crippen LogP contribution in [0.1, 0.15) is 31.2 Å². The number of ether oxygens (including phenoxy) is 1. The lowest BCUT2D eigenvalue weighted by atomic mass is 9.81. The van der Waals surface area contributed by atoms with Crippen LogP contribution in [0.4, 0.5) is 16.3 Å². The molecule has 11 heteroatoms. The summed E-state index contributed by atoms with van der Waals surface area (Å²) >= 11 is 0. The maximum Gasteiger partial charge on any atom is 0.416 e. The molecule has 0 spiro atoms. The molecule has 188 valence electrons. The predicted octanol–water partition coefficient (Wildman–Crippen LogP) is 2.10. The summed E-state index contributed by atoms with van der Waals surface area (Å²) in [5, 5.41) is 8.87. The van der Waals surface area contributed by atoms with Gasteiger partial charge in [0.1, 0.15) is 5.82 Å². The van der Waals surface area contributed by atoms with Crippen molar-refractivity contribution < 1.29 is 29.0 Å². The second kappa shape index (κ2) is 9.92. The molecule has 3 fully saturated rings. The van der Waals surface area contributed by atoms with Gasteiger partial charge in [-0.15, -0.1) is 0 Å². The van der Waals surface area contributed by atoms with E-state index in [9.17, 15) is 19.2 Å². The molecule has 0 aromatic carbocycles. The minimum absolute atomic E-state index is 0.0758. The second-order valence-corrected chi connectivity index (χ2v) is 9.30. The van der Waals surface area contributed by atoms with Crippen molar-refractivity contribution >= 4 is 35.4 Å². The highest BCUT2D eigenvalue weighted by Crippen LogP contribution is 2.40. The number of aromatic nitrogens is 2. The van der Waals surface area contributed by atoms with E-state index in [0.717, 1.165) is 31.5 Å². The van der Waals surface area contributed by atoms with E-state index >= 15 is 0 Å². The SMILES string of the molecule is O=C(O)Cc1ccc(N2CCN(C(=O)Oc3ccc(N4C(=O)C5CCCCC5C4=O)cn3)CC2)nc1. The molecule has 1 aliphatic carbocycles. The van der Waals surface area contributed by atoms with Crippen LogP contribution in [0.2, 0.25) is 0 Å². The molecule has 0 radical (unpaired) electrons. The Labute approximate surface area is 207 Å². The highest BCUT2D eigenvalue weighted by Gasteiger charge is 2.48. The number of fused-ring (bicyclic) bond motifs is 1. The van der Waals surface area contributed by atoms with Crippen molar-refractivity contribution in [1.82, 2.24) is 14.9 Å². The third-order valence-electron chi connectivity index (χ3n) is 7.04. The summed E-state index contributed by atoms with van der Waals surface area (Å²) in [6.07, 6.45) is 5.76. The summed E-state index contributed by atoms with van der Waals surface area (Å²) in [6.45, 7) is 1.95. The number of piperazine rings is 1. The minimum Gasteiger partial charge on any atom is -0.481 e. The van der Waals surface area contributed by atoms with Crippen LogP contribution in [0.5, 0.6) is 5.88 Å². The molecule has 2 saturated heterocycles. The largest absolute Gasteiger partial charge is 0.481 e. The van der Waals surface area contributed by atoms with E-state index in [1.165, 1.54) is 17.2 Å². The van der Waals surface area contributed by atoms with Gasteiger partial charge in [0.05, 0.1) is 30.1 Å². The number of nitrogens with zero attached hydrogens (tertiary/aromatic N) is 5. The molecule has 0 bridgehead atoms. The number of hydrogen-bond donors (Lipinski definition) is 1. The zero-order valence-electron chi connectivity index (χ0n) is 19.7. The molecule has 36 heavy (non-hydrogen) atoms. The van der Waals surface area contributed by atoms with Gasteiger partial charge < -0.3 is 19.6 Å². The zero-order valence-corrected chi connectivity index (χ0v) is 19.7. The van der Waals surface area contributed by atoms with Gasteiger partial charge >= 0.3 is 12.1 Å². The van der Waals surface area contributed by atoms with Gasteiger partial charge in [-0.3, -0.25) is 14.4 Å². The average Bonchev–Trinajstić information content (AvgIpc) is 3.15. The fraction of sp³-hybridized carbons (Fsp3) is 0.440. The molecule has 2 atom stereocenters. The lowest BCUT2D eigenvalue weighted by Crippen LogP contribution is -2.49. The molecule has 5 rings (SSSR count). The van der Waals surface area contributed by atoms with Crippen molar-refractivity contribution in [2.75, 3.05) is 36.0 Å². The molecule has 4 heterocycles. The van der Waals surface area contributed by atoms with E-state index < -0.39 is 12.1 Å². The monoisotopic (exact) mass is 493 g/mol. The van der Waals surface area contributed by atoms with Gasteiger partial charge in [-0.25, -0.2) is 19.7 Å². The van der Waals surface area contributed by atoms with Crippen molar-refractivity contribution in [3.8, 4) is 5.88 Å². The van der Waals surface area contributed by atoms with Gasteiger partial charge in [0, 0.05) is 38.4 Å². The first-order chi connectivity index (χ1) is 17.4. The molecule has 3 amide bonds. The lowest BCUT2D eigenvalue weighted by Gasteiger charge is -2.34. The normalized spacial score (nSPS) is 21.9. The maximum absolute atomic E-state index is 12.8. The highest BCUT2D eigenvalue weighted by molar-refractivity contribution is 6.22. The Morgan fingerprint density at radius 2 is 1.61 bits per heavy atom. The number of carboxylic acids is 1. The summed E-state index contributed by atoms with van der Waals surface area (Å²) in [5.41, 5.74) is 1.03. The Kier molecular flexibility index (Phi) is 6.53. The Morgan fingerprint density at radius 3 is 2.17 bits per heavy atom. The van der Waals surface area contributed by atoms with Gasteiger partial charge in [-0.2, -0.15) is 0 Å². The molecule has 2 aromatic heterocycles. The molecule has 1 N–H and O–H groups in total. The lowest BCUT2D eigenvalue weighted by molar-refractivity contribution is -0.136. The Balaban J connectivity index is 1.15. The van der Waals surface area contributed by atoms with Gasteiger partial charge in [0.2, 0.25) is 17.7 Å². The zero-order chi connectivity index (χ0) is 25.2. The maximum atomic E-state index is 12.8. The molecule has 11 nitrogen and oxygen atoms in total. The predicted molar refractivity (Wildman–Crippen MR) is 128 cm³/mol. The number of carbonyl (C=O) groups excluding carboxylic acids is 3. The molecular weight excluding hydrogens is 466 g/mol. The van der Waals surface area contributed by atoms with Crippen LogP contribution in [-0.4, -0.2) is 70.0 Å². The van der Waals surface area contributed by atoms with Gasteiger partial charge in [-0.1, -0.05) is 18.9 Å². The smallest absolute Gasteiger partial charge is 0.416 e. The highest BCUT2D eigenvalue weighted by atomic mass is 16.6. The van der Waals surface area contributed by atoms with E-state index in [0.29, 0.717) is 37.4 Å². The fourth-order valence-corrected chi connectivity index (χ4v) is 5.14. The summed E-state index contributed by atoms with van der Waals surface area (Å²) in [6, 6.07) is 6.60. The third kappa shape index (κ3) is 4.73. The van der Waals surface area contributed by atoms with E-state index in [1.807, 2.05) is 4.90 Å². The fourth-order valence-electron chi connectivity index (χ4n) is 5.14. The number of carboxylic acid groups (broad SMARTS) is 1. The first-order valence-electron chi connectivity index (χ1n) is 12.1. The van der Waals surface area contributed by atoms with Crippen LogP contribution in [-0.2, 0) is 20.8 Å². The van der Waals surface area contributed by atoms with E-state index in [2.05, 4.69) is 9.97 Å². The Bertz CT molecular complexity index is 1140. The molecular formula is C25H27N5O6. The number of carbonyl (C=O) groups is 4. The first-order valence-corrected chi connectivity index (χ1v) is 12.1. The molecule has 1 saturated carbocycles. The van der Waals surface area contributed by atoms with Crippen molar-refractivity contribution in [1.29, 1.82) is 0 Å². The summed E-state index contributed by atoms with van der Waals surface area (Å²) in [4.78, 5) is 62.3. The number of imide groups is 1. The number of pyridine rings is 2. The number of rotatable bonds is 5. The molecule has 3 aliphatic rings. The van der Waals surface area contributed by atoms with Gasteiger partial charge in [0.25, 0.3) is 0 Å². The van der Waals surface area contributed by atoms with Crippen LogP contribution in [0.25, 0.3) is 0 Å². The first kappa shape index (κ1) is 23.7. The van der Waals surface area contributed by atoms with Crippen molar-refractivity contribution in [2.45, 2.75) is 32.1 Å². The van der Waals surface area contributed by atoms with Crippen LogP contribution in [0.15, 0.2) is 36.7 Å². The van der Waals surface area contributed by atoms with Crippen molar-refractivity contribution in [3.05, 3.63) is 42.2 Å². The van der Waals surface area contributed by atoms with Crippen molar-refractivity contribution in [2.24, 2.45) is 11.8 Å². The van der Waals surface area contributed by atoms with Crippen LogP contribution < -0.4 is 14.5 Å². The topological polar surface area (TPSA) is 133 Å². The standard InChI is InChI=1S/C25H27N5O6/c31-22(32)13-16-5-7-20(26-14-16)28-9-11-29(12-10-28)25(35)36-21-8-6-17(15-27-21)30-23(33)18-3-1-2-4-19(18)24(30)34/h5-8,14-15,18-19H,1-4,9-13H2,(H,31,32). The number of amides is 3. The molecule has 2 aliphatic heterocycles. The van der Waals surface area contributed by atoms with Gasteiger partial charge in [-0.05, 0) is 30.5 Å². The number of anilines is 2. The minimum atomic E-state index is -0.906. The van der Waals surface area contributed by atoms with E-state index in [1.54, 1.807) is 29.3 Å². The molecule has 2 unspecified atom stereocenters. The van der Waals surface area contributed by atoms with Gasteiger partial charge in [0.15, 0.2) is 0 Å². The van der Waals surface area contributed by atoms with Crippen molar-refractivity contribution in [3.63, 3.8) is 0 Å². The summed E-state index contributed by atoms with van der Waals surface area (Å²) in [7, 11) is 0. The second-order valence-electron chi connectivity index (χ2n) is 9.30. The number of aliphatic carboxylic acids is 1. The quantitative estimate of drug-likeness (QED) is 0.622. The third-order valence-corrected chi connectivity index (χ3v) is 7.04. The summed E-state index contributed by atoms with van der Waals surface area (Å²) < 4.78 is 5.41. The molecule has 2 aromatic rings. The van der Waals surface area contributed by atoms with Crippen LogP contribution >= 0.6 is 0 Å². The van der Waals surface area contributed by atoms with Crippen LogP contribution in [0.3, 0.4) is 0 Å². The number of hydrogen-bond acceptors (Lipinski definition) is 8. The van der Waals surface area contributed by atoms with E-state index in [-0.39, 0.29) is 36.0 Å².